The van der Waals surface area contributed by atoms with Crippen LogP contribution in [-0.4, -0.2) is 23.5 Å². The van der Waals surface area contributed by atoms with E-state index in [1.165, 1.54) is 6.08 Å². The third-order valence-electron chi connectivity index (χ3n) is 1.36. The molecular weight excluding hydrogens is 208 g/mol. The van der Waals surface area contributed by atoms with Crippen LogP contribution in [0.5, 0.6) is 0 Å². The third-order valence-corrected chi connectivity index (χ3v) is 2.16. The van der Waals surface area contributed by atoms with Crippen LogP contribution in [0, 0.1) is 0 Å². The summed E-state index contributed by atoms with van der Waals surface area (Å²) in [6.07, 6.45) is 1.40. The average molecular weight is 220 g/mol. The first kappa shape index (κ1) is 12.5. The summed E-state index contributed by atoms with van der Waals surface area (Å²) in [7, 11) is 0. The van der Waals surface area contributed by atoms with E-state index in [4.69, 9.17) is 11.5 Å². The first-order valence-electron chi connectivity index (χ1n) is 3.57. The molecule has 1 amide bonds. The molecule has 0 unspecified atom stereocenters. The fourth-order valence-corrected chi connectivity index (χ4v) is 0.846. The Morgan fingerprint density at radius 1 is 1.46 bits per heavy atom. The van der Waals surface area contributed by atoms with Gasteiger partial charge in [-0.3, -0.25) is 9.59 Å². The number of hydrogen-bond donors (Lipinski definition) is 4. The molecule has 0 fully saturated rings. The van der Waals surface area contributed by atoms with Gasteiger partial charge in [0.15, 0.2) is 5.78 Å². The number of primary amides is 1. The molecule has 0 spiro atoms. The van der Waals surface area contributed by atoms with Crippen molar-refractivity contribution in [1.29, 1.82) is 0 Å². The first-order valence-corrected chi connectivity index (χ1v) is 4.65. The zero-order valence-corrected chi connectivity index (χ0v) is 8.72. The Morgan fingerprint density at radius 2 is 2.00 bits per heavy atom. The van der Waals surface area contributed by atoms with E-state index in [2.05, 4.69) is 25.3 Å². The highest BCUT2D eigenvalue weighted by Crippen LogP contribution is 2.02. The Balaban J connectivity index is 4.09. The van der Waals surface area contributed by atoms with Crippen molar-refractivity contribution in [2.45, 2.75) is 12.5 Å². The van der Waals surface area contributed by atoms with Crippen LogP contribution in [0.25, 0.3) is 0 Å². The van der Waals surface area contributed by atoms with Gasteiger partial charge in [0.1, 0.15) is 0 Å². The Bertz CT molecular complexity index is 241. The number of carbonyl (C=O) groups is 2. The average Bonchev–Trinajstić information content (AvgIpc) is 2.11. The molecule has 13 heavy (non-hydrogen) atoms. The van der Waals surface area contributed by atoms with Crippen LogP contribution in [0.1, 0.15) is 6.42 Å². The second-order valence-corrected chi connectivity index (χ2v) is 3.26. The molecule has 0 aromatic carbocycles. The SMILES string of the molecule is NC(=O)C(S)=CCC(=O)[C@H](N)CS. The van der Waals surface area contributed by atoms with E-state index in [0.717, 1.165) is 0 Å². The lowest BCUT2D eigenvalue weighted by Crippen LogP contribution is -2.31. The molecule has 0 aromatic heterocycles. The number of hydrogen-bond acceptors (Lipinski definition) is 5. The molecule has 4 N–H and O–H groups in total. The summed E-state index contributed by atoms with van der Waals surface area (Å²) in [6.45, 7) is 0. The zero-order valence-electron chi connectivity index (χ0n) is 6.93. The van der Waals surface area contributed by atoms with Crippen molar-refractivity contribution in [3.63, 3.8) is 0 Å². The van der Waals surface area contributed by atoms with Gasteiger partial charge < -0.3 is 11.5 Å². The summed E-state index contributed by atoms with van der Waals surface area (Å²) in [5.41, 5.74) is 10.3. The summed E-state index contributed by atoms with van der Waals surface area (Å²) >= 11 is 7.63. The normalized spacial score (nSPS) is 13.9. The molecule has 0 bridgehead atoms. The Morgan fingerprint density at radius 3 is 2.38 bits per heavy atom. The van der Waals surface area contributed by atoms with Crippen molar-refractivity contribution in [2.75, 3.05) is 5.75 Å². The lowest BCUT2D eigenvalue weighted by atomic mass is 10.1. The number of ketones is 1. The smallest absolute Gasteiger partial charge is 0.254 e. The second-order valence-electron chi connectivity index (χ2n) is 2.41. The van der Waals surface area contributed by atoms with Gasteiger partial charge in [0.25, 0.3) is 5.91 Å². The minimum Gasteiger partial charge on any atom is -0.365 e. The number of thiol groups is 2. The molecule has 0 saturated carbocycles. The largest absolute Gasteiger partial charge is 0.365 e. The molecule has 0 aliphatic heterocycles. The van der Waals surface area contributed by atoms with Crippen molar-refractivity contribution in [3.8, 4) is 0 Å². The van der Waals surface area contributed by atoms with E-state index in [1.54, 1.807) is 0 Å². The molecule has 4 nitrogen and oxygen atoms in total. The van der Waals surface area contributed by atoms with Crippen LogP contribution in [0.2, 0.25) is 0 Å². The van der Waals surface area contributed by atoms with Gasteiger partial charge in [0.05, 0.1) is 10.9 Å². The van der Waals surface area contributed by atoms with E-state index in [-0.39, 0.29) is 22.9 Å². The highest BCUT2D eigenvalue weighted by molar-refractivity contribution is 7.85. The fraction of sp³-hybridized carbons (Fsp3) is 0.429. The standard InChI is InChI=1S/C7H12N2O2S2/c8-4(3-12)5(10)1-2-6(13)7(9)11/h2,4,12-13H,1,3,8H2,(H2,9,11)/t4-/m1/s1. The van der Waals surface area contributed by atoms with Crippen LogP contribution in [0.15, 0.2) is 11.0 Å². The zero-order chi connectivity index (χ0) is 10.4. The van der Waals surface area contributed by atoms with E-state index in [9.17, 15) is 9.59 Å². The summed E-state index contributed by atoms with van der Waals surface area (Å²) < 4.78 is 0. The van der Waals surface area contributed by atoms with E-state index in [0.29, 0.717) is 0 Å². The predicted molar refractivity (Wildman–Crippen MR) is 57.7 cm³/mol. The lowest BCUT2D eigenvalue weighted by Gasteiger charge is -2.03. The number of carbonyl (C=O) groups excluding carboxylic acids is 2. The number of rotatable bonds is 5. The van der Waals surface area contributed by atoms with Crippen LogP contribution >= 0.6 is 25.3 Å². The first-order chi connectivity index (χ1) is 5.99. The molecule has 1 atom stereocenters. The summed E-state index contributed by atoms with van der Waals surface area (Å²) in [5.74, 6) is -0.566. The fourth-order valence-electron chi connectivity index (χ4n) is 0.551. The lowest BCUT2D eigenvalue weighted by molar-refractivity contribution is -0.119. The van der Waals surface area contributed by atoms with Gasteiger partial charge in [-0.25, -0.2) is 0 Å². The molecular formula is C7H12N2O2S2. The molecule has 6 heteroatoms. The van der Waals surface area contributed by atoms with Crippen LogP contribution in [0.3, 0.4) is 0 Å². The minimum absolute atomic E-state index is 0.0590. The minimum atomic E-state index is -0.657. The van der Waals surface area contributed by atoms with Crippen LogP contribution < -0.4 is 11.5 Å². The van der Waals surface area contributed by atoms with E-state index < -0.39 is 11.9 Å². The van der Waals surface area contributed by atoms with Gasteiger partial charge in [0.2, 0.25) is 0 Å². The predicted octanol–water partition coefficient (Wildman–Crippen LogP) is -0.498. The molecule has 0 rings (SSSR count). The summed E-state index contributed by atoms with van der Waals surface area (Å²) in [6, 6.07) is -0.603. The van der Waals surface area contributed by atoms with Gasteiger partial charge in [0, 0.05) is 12.2 Å². The van der Waals surface area contributed by atoms with Crippen molar-refractivity contribution in [3.05, 3.63) is 11.0 Å². The van der Waals surface area contributed by atoms with Gasteiger partial charge in [-0.2, -0.15) is 12.6 Å². The monoisotopic (exact) mass is 220 g/mol. The van der Waals surface area contributed by atoms with Gasteiger partial charge in [-0.1, -0.05) is 6.08 Å². The Labute approximate surface area is 87.6 Å². The Hall–Kier alpha value is -0.460. The van der Waals surface area contributed by atoms with E-state index in [1.807, 2.05) is 0 Å². The van der Waals surface area contributed by atoms with Crippen molar-refractivity contribution >= 4 is 36.9 Å². The maximum Gasteiger partial charge on any atom is 0.254 e. The maximum atomic E-state index is 11.1. The molecule has 0 heterocycles. The highest BCUT2D eigenvalue weighted by Gasteiger charge is 2.10. The summed E-state index contributed by atoms with van der Waals surface area (Å²) in [5, 5.41) is 0. The molecule has 0 aliphatic carbocycles. The number of Topliss-reactive ketones (excluding diaryl/α,β-unsaturated/α-hetero) is 1. The molecule has 0 radical (unpaired) electrons. The molecule has 0 aliphatic rings. The van der Waals surface area contributed by atoms with Crippen molar-refractivity contribution in [1.82, 2.24) is 0 Å². The van der Waals surface area contributed by atoms with Gasteiger partial charge in [-0.15, -0.1) is 12.6 Å². The van der Waals surface area contributed by atoms with Crippen molar-refractivity contribution in [2.24, 2.45) is 11.5 Å². The number of allylic oxidation sites excluding steroid dienone is 1. The third kappa shape index (κ3) is 4.97. The number of nitrogens with two attached hydrogens (primary N) is 2. The quantitative estimate of drug-likeness (QED) is 0.372. The maximum absolute atomic E-state index is 11.1. The van der Waals surface area contributed by atoms with E-state index >= 15 is 0 Å². The van der Waals surface area contributed by atoms with Crippen molar-refractivity contribution < 1.29 is 9.59 Å². The molecule has 0 aromatic rings. The molecule has 74 valence electrons. The topological polar surface area (TPSA) is 86.2 Å². The Kier molecular flexibility index (Phi) is 5.85. The van der Waals surface area contributed by atoms with Gasteiger partial charge in [-0.05, 0) is 0 Å². The van der Waals surface area contributed by atoms with Gasteiger partial charge >= 0.3 is 0 Å². The van der Waals surface area contributed by atoms with Crippen LogP contribution in [-0.2, 0) is 9.59 Å². The second kappa shape index (κ2) is 6.06. The number of amides is 1. The van der Waals surface area contributed by atoms with Crippen LogP contribution in [0.4, 0.5) is 0 Å². The highest BCUT2D eigenvalue weighted by atomic mass is 32.1. The molecule has 0 saturated heterocycles. The summed E-state index contributed by atoms with van der Waals surface area (Å²) in [4.78, 5) is 21.6.